The molecule has 0 spiro atoms. The summed E-state index contributed by atoms with van der Waals surface area (Å²) in [5, 5.41) is -0.0278. The van der Waals surface area contributed by atoms with Crippen molar-refractivity contribution in [3.05, 3.63) is 24.2 Å². The largest absolute Gasteiger partial charge is 0.460 e. The molecule has 0 aromatic carbocycles. The molecule has 0 amide bonds. The molecule has 1 heterocycles. The average molecular weight is 142 g/mol. The van der Waals surface area contributed by atoms with Crippen molar-refractivity contribution in [2.45, 2.75) is 0 Å². The standard InChI is InChI=1S/C6H6O2S/c1-9-6(7)5-3-2-4-8-5/h2-4H,1H3. The van der Waals surface area contributed by atoms with E-state index in [0.29, 0.717) is 5.76 Å². The molecule has 0 bridgehead atoms. The van der Waals surface area contributed by atoms with Crippen LogP contribution in [0.1, 0.15) is 10.6 Å². The van der Waals surface area contributed by atoms with Gasteiger partial charge in [-0.3, -0.25) is 4.79 Å². The lowest BCUT2D eigenvalue weighted by molar-refractivity contribution is 0.106. The van der Waals surface area contributed by atoms with E-state index in [4.69, 9.17) is 4.42 Å². The molecule has 0 saturated heterocycles. The topological polar surface area (TPSA) is 30.2 Å². The summed E-state index contributed by atoms with van der Waals surface area (Å²) in [6, 6.07) is 3.35. The van der Waals surface area contributed by atoms with E-state index in [9.17, 15) is 4.79 Å². The Morgan fingerprint density at radius 1 is 1.78 bits per heavy atom. The zero-order chi connectivity index (χ0) is 6.69. The second-order valence-corrected chi connectivity index (χ2v) is 2.25. The molecule has 1 rings (SSSR count). The van der Waals surface area contributed by atoms with E-state index in [1.807, 2.05) is 0 Å². The van der Waals surface area contributed by atoms with Crippen molar-refractivity contribution in [3.8, 4) is 0 Å². The van der Waals surface area contributed by atoms with Crippen LogP contribution < -0.4 is 0 Å². The van der Waals surface area contributed by atoms with Gasteiger partial charge in [0.1, 0.15) is 0 Å². The first kappa shape index (κ1) is 6.42. The highest BCUT2D eigenvalue weighted by atomic mass is 32.2. The first-order valence-corrected chi connectivity index (χ1v) is 3.69. The van der Waals surface area contributed by atoms with Crippen LogP contribution in [0.5, 0.6) is 0 Å². The first-order chi connectivity index (χ1) is 4.34. The van der Waals surface area contributed by atoms with Crippen LogP contribution in [-0.4, -0.2) is 11.4 Å². The number of hydrogen-bond donors (Lipinski definition) is 0. The van der Waals surface area contributed by atoms with Crippen molar-refractivity contribution in [1.82, 2.24) is 0 Å². The van der Waals surface area contributed by atoms with Gasteiger partial charge in [-0.15, -0.1) is 0 Å². The summed E-state index contributed by atoms with van der Waals surface area (Å²) in [6.45, 7) is 0. The summed E-state index contributed by atoms with van der Waals surface area (Å²) in [6.07, 6.45) is 3.22. The van der Waals surface area contributed by atoms with Crippen LogP contribution in [0.25, 0.3) is 0 Å². The molecule has 1 aromatic rings. The van der Waals surface area contributed by atoms with Gasteiger partial charge < -0.3 is 4.42 Å². The van der Waals surface area contributed by atoms with Crippen LogP contribution in [-0.2, 0) is 0 Å². The summed E-state index contributed by atoms with van der Waals surface area (Å²) >= 11 is 1.15. The van der Waals surface area contributed by atoms with E-state index in [0.717, 1.165) is 11.8 Å². The second-order valence-electron chi connectivity index (χ2n) is 1.47. The molecule has 0 saturated carbocycles. The maximum absolute atomic E-state index is 10.7. The Labute approximate surface area is 57.2 Å². The summed E-state index contributed by atoms with van der Waals surface area (Å²) in [5.74, 6) is 0.419. The third-order valence-electron chi connectivity index (χ3n) is 0.908. The third-order valence-corrected chi connectivity index (χ3v) is 1.48. The van der Waals surface area contributed by atoms with Crippen LogP contribution in [0.3, 0.4) is 0 Å². The Bertz CT molecular complexity index is 191. The zero-order valence-corrected chi connectivity index (χ0v) is 5.77. The first-order valence-electron chi connectivity index (χ1n) is 2.46. The number of carbonyl (C=O) groups excluding carboxylic acids is 1. The Morgan fingerprint density at radius 2 is 2.56 bits per heavy atom. The molecule has 3 heteroatoms. The number of rotatable bonds is 1. The SMILES string of the molecule is CSC(=O)c1ccco1. The fraction of sp³-hybridized carbons (Fsp3) is 0.167. The van der Waals surface area contributed by atoms with Crippen molar-refractivity contribution >= 4 is 16.9 Å². The lowest BCUT2D eigenvalue weighted by atomic mass is 10.5. The molecular formula is C6H6O2S. The lowest BCUT2D eigenvalue weighted by Crippen LogP contribution is -1.86. The van der Waals surface area contributed by atoms with E-state index in [2.05, 4.69) is 0 Å². The van der Waals surface area contributed by atoms with Gasteiger partial charge in [0, 0.05) is 0 Å². The van der Waals surface area contributed by atoms with Gasteiger partial charge in [0.05, 0.1) is 6.26 Å². The zero-order valence-electron chi connectivity index (χ0n) is 4.96. The summed E-state index contributed by atoms with van der Waals surface area (Å²) in [7, 11) is 0. The highest BCUT2D eigenvalue weighted by molar-refractivity contribution is 8.13. The van der Waals surface area contributed by atoms with Crippen LogP contribution in [0.15, 0.2) is 22.8 Å². The predicted octanol–water partition coefficient (Wildman–Crippen LogP) is 1.78. The molecule has 0 aliphatic carbocycles. The van der Waals surface area contributed by atoms with Crippen LogP contribution in [0.2, 0.25) is 0 Å². The summed E-state index contributed by atoms with van der Waals surface area (Å²) < 4.78 is 4.82. The molecule has 0 fully saturated rings. The molecule has 0 radical (unpaired) electrons. The number of furan rings is 1. The average Bonchev–Trinajstić information content (AvgIpc) is 2.37. The molecule has 48 valence electrons. The second kappa shape index (κ2) is 2.73. The Hall–Kier alpha value is -0.700. The fourth-order valence-corrected chi connectivity index (χ4v) is 0.813. The normalized spacial score (nSPS) is 9.44. The maximum atomic E-state index is 10.7. The quantitative estimate of drug-likeness (QED) is 0.598. The summed E-state index contributed by atoms with van der Waals surface area (Å²) in [4.78, 5) is 10.7. The Balaban J connectivity index is 2.77. The number of hydrogen-bond acceptors (Lipinski definition) is 3. The van der Waals surface area contributed by atoms with Crippen molar-refractivity contribution in [2.75, 3.05) is 6.26 Å². The molecule has 0 aliphatic heterocycles. The summed E-state index contributed by atoms with van der Waals surface area (Å²) in [5.41, 5.74) is 0. The molecule has 0 N–H and O–H groups in total. The molecule has 0 atom stereocenters. The highest BCUT2D eigenvalue weighted by Crippen LogP contribution is 2.08. The van der Waals surface area contributed by atoms with Gasteiger partial charge in [-0.2, -0.15) is 0 Å². The van der Waals surface area contributed by atoms with Gasteiger partial charge >= 0.3 is 0 Å². The molecule has 2 nitrogen and oxygen atoms in total. The monoisotopic (exact) mass is 142 g/mol. The van der Waals surface area contributed by atoms with E-state index in [1.54, 1.807) is 18.4 Å². The van der Waals surface area contributed by atoms with Gasteiger partial charge in [-0.1, -0.05) is 11.8 Å². The predicted molar refractivity (Wildman–Crippen MR) is 36.6 cm³/mol. The minimum atomic E-state index is -0.0278. The fourth-order valence-electron chi connectivity index (χ4n) is 0.495. The van der Waals surface area contributed by atoms with Crippen molar-refractivity contribution < 1.29 is 9.21 Å². The minimum Gasteiger partial charge on any atom is -0.460 e. The van der Waals surface area contributed by atoms with E-state index >= 15 is 0 Å². The molecule has 1 aromatic heterocycles. The van der Waals surface area contributed by atoms with Crippen LogP contribution in [0, 0.1) is 0 Å². The molecule has 9 heavy (non-hydrogen) atoms. The smallest absolute Gasteiger partial charge is 0.254 e. The third kappa shape index (κ3) is 1.36. The minimum absolute atomic E-state index is 0.0278. The number of carbonyl (C=O) groups is 1. The van der Waals surface area contributed by atoms with Crippen LogP contribution >= 0.6 is 11.8 Å². The van der Waals surface area contributed by atoms with Crippen LogP contribution in [0.4, 0.5) is 0 Å². The maximum Gasteiger partial charge on any atom is 0.254 e. The highest BCUT2D eigenvalue weighted by Gasteiger charge is 2.04. The molecule has 0 unspecified atom stereocenters. The van der Waals surface area contributed by atoms with Gasteiger partial charge in [-0.05, 0) is 18.4 Å². The lowest BCUT2D eigenvalue weighted by Gasteiger charge is -1.85. The van der Waals surface area contributed by atoms with E-state index < -0.39 is 0 Å². The van der Waals surface area contributed by atoms with Gasteiger partial charge in [0.15, 0.2) is 5.76 Å². The molecular weight excluding hydrogens is 136 g/mol. The van der Waals surface area contributed by atoms with E-state index in [1.165, 1.54) is 6.26 Å². The molecule has 0 aliphatic rings. The van der Waals surface area contributed by atoms with E-state index in [-0.39, 0.29) is 5.12 Å². The van der Waals surface area contributed by atoms with Crippen molar-refractivity contribution in [1.29, 1.82) is 0 Å². The van der Waals surface area contributed by atoms with Crippen molar-refractivity contribution in [3.63, 3.8) is 0 Å². The Morgan fingerprint density at radius 3 is 3.00 bits per heavy atom. The van der Waals surface area contributed by atoms with Gasteiger partial charge in [0.2, 0.25) is 0 Å². The number of thioether (sulfide) groups is 1. The van der Waals surface area contributed by atoms with Gasteiger partial charge in [0.25, 0.3) is 5.12 Å². The van der Waals surface area contributed by atoms with Crippen molar-refractivity contribution in [2.24, 2.45) is 0 Å². The van der Waals surface area contributed by atoms with Gasteiger partial charge in [-0.25, -0.2) is 0 Å². The Kier molecular flexibility index (Phi) is 1.95.